The van der Waals surface area contributed by atoms with Crippen molar-refractivity contribution in [2.45, 2.75) is 44.0 Å². The molecule has 1 amide bonds. The van der Waals surface area contributed by atoms with Gasteiger partial charge >= 0.3 is 0 Å². The molecule has 0 radical (unpaired) electrons. The molecule has 3 aromatic carbocycles. The van der Waals surface area contributed by atoms with Crippen LogP contribution in [0.1, 0.15) is 32.3 Å². The normalized spacial score (nSPS) is 13.8. The van der Waals surface area contributed by atoms with Crippen molar-refractivity contribution in [2.24, 2.45) is 5.92 Å². The van der Waals surface area contributed by atoms with Crippen LogP contribution in [0.4, 0.5) is 0 Å². The maximum Gasteiger partial charge on any atom is 0.262 e. The Hall–Kier alpha value is -2.74. The van der Waals surface area contributed by atoms with Crippen molar-refractivity contribution in [3.63, 3.8) is 0 Å². The van der Waals surface area contributed by atoms with Crippen molar-refractivity contribution in [2.75, 3.05) is 6.54 Å². The molecular weight excluding hydrogens is 424 g/mol. The molecule has 0 bridgehead atoms. The van der Waals surface area contributed by atoms with Crippen LogP contribution in [-0.2, 0) is 21.2 Å². The van der Waals surface area contributed by atoms with Gasteiger partial charge in [-0.05, 0) is 47.2 Å². The molecule has 0 aliphatic carbocycles. The van der Waals surface area contributed by atoms with Gasteiger partial charge in [0.15, 0.2) is 0 Å². The number of aryl methyl sites for hydroxylation is 1. The van der Waals surface area contributed by atoms with E-state index in [1.807, 2.05) is 68.4 Å². The first-order valence-corrected chi connectivity index (χ1v) is 12.3. The smallest absolute Gasteiger partial charge is 0.262 e. The number of carbonyl (C=O) groups excluding carboxylic acids is 1. The third-order valence-electron chi connectivity index (χ3n) is 5.89. The fourth-order valence-electron chi connectivity index (χ4n) is 3.92. The van der Waals surface area contributed by atoms with Crippen LogP contribution in [0.15, 0.2) is 77.7 Å². The number of hydrogen-bond donors (Lipinski definition) is 2. The van der Waals surface area contributed by atoms with E-state index < -0.39 is 22.0 Å². The standard InChI is InChI=1S/C25H30N2O4S/c1-3-19(2)24(25(28)26-29)27(17-9-12-20-10-5-4-6-11-20)32(30,31)23-16-15-21-13-7-8-14-22(21)18-23/h4-8,10-11,13-16,18-19,24,29H,3,9,12,17H2,1-2H3,(H,26,28). The van der Waals surface area contributed by atoms with Crippen LogP contribution in [0.25, 0.3) is 10.8 Å². The third-order valence-corrected chi connectivity index (χ3v) is 7.76. The van der Waals surface area contributed by atoms with Crippen LogP contribution >= 0.6 is 0 Å². The number of amides is 1. The maximum absolute atomic E-state index is 13.8. The van der Waals surface area contributed by atoms with Crippen molar-refractivity contribution in [1.82, 2.24) is 9.79 Å². The highest BCUT2D eigenvalue weighted by Crippen LogP contribution is 2.27. The van der Waals surface area contributed by atoms with E-state index in [-0.39, 0.29) is 17.4 Å². The number of sulfonamides is 1. The number of carbonyl (C=O) groups is 1. The SMILES string of the molecule is CCC(C)C(C(=O)NO)N(CCCc1ccccc1)S(=O)(=O)c1ccc2ccccc2c1. The Balaban J connectivity index is 1.98. The Morgan fingerprint density at radius 2 is 1.66 bits per heavy atom. The molecule has 0 spiro atoms. The fraction of sp³-hybridized carbons (Fsp3) is 0.320. The number of nitrogens with zero attached hydrogens (tertiary/aromatic N) is 1. The Morgan fingerprint density at radius 3 is 2.31 bits per heavy atom. The van der Waals surface area contributed by atoms with Gasteiger partial charge in [0, 0.05) is 6.54 Å². The minimum atomic E-state index is -4.00. The summed E-state index contributed by atoms with van der Waals surface area (Å²) in [4.78, 5) is 12.7. The van der Waals surface area contributed by atoms with E-state index in [4.69, 9.17) is 0 Å². The first kappa shape index (κ1) is 23.9. The number of benzene rings is 3. The first-order valence-electron chi connectivity index (χ1n) is 10.9. The molecule has 2 unspecified atom stereocenters. The summed E-state index contributed by atoms with van der Waals surface area (Å²) in [5.74, 6) is -1.00. The highest BCUT2D eigenvalue weighted by atomic mass is 32.2. The molecule has 0 aliphatic rings. The zero-order valence-corrected chi connectivity index (χ0v) is 19.3. The molecule has 0 aliphatic heterocycles. The summed E-state index contributed by atoms with van der Waals surface area (Å²) in [7, 11) is -4.00. The van der Waals surface area contributed by atoms with Crippen molar-refractivity contribution in [3.05, 3.63) is 78.4 Å². The lowest BCUT2D eigenvalue weighted by atomic mass is 9.98. The second-order valence-corrected chi connectivity index (χ2v) is 9.91. The minimum absolute atomic E-state index is 0.134. The van der Waals surface area contributed by atoms with Gasteiger partial charge in [-0.15, -0.1) is 0 Å². The molecule has 3 aromatic rings. The van der Waals surface area contributed by atoms with Crippen LogP contribution in [0, 0.1) is 5.92 Å². The molecule has 7 heteroatoms. The Labute approximate surface area is 189 Å². The molecule has 0 saturated heterocycles. The van der Waals surface area contributed by atoms with Crippen LogP contribution in [0.3, 0.4) is 0 Å². The predicted octanol–water partition coefficient (Wildman–Crippen LogP) is 4.38. The van der Waals surface area contributed by atoms with E-state index in [1.165, 1.54) is 4.31 Å². The summed E-state index contributed by atoms with van der Waals surface area (Å²) in [6.45, 7) is 3.87. The predicted molar refractivity (Wildman–Crippen MR) is 126 cm³/mol. The molecule has 0 aromatic heterocycles. The van der Waals surface area contributed by atoms with E-state index in [0.717, 1.165) is 16.3 Å². The minimum Gasteiger partial charge on any atom is -0.289 e. The molecule has 6 nitrogen and oxygen atoms in total. The van der Waals surface area contributed by atoms with Gasteiger partial charge in [-0.3, -0.25) is 10.0 Å². The molecule has 0 heterocycles. The summed E-state index contributed by atoms with van der Waals surface area (Å²) in [5, 5.41) is 11.1. The fourth-order valence-corrected chi connectivity index (χ4v) is 5.68. The average molecular weight is 455 g/mol. The number of hydrogen-bond acceptors (Lipinski definition) is 4. The Bertz CT molecular complexity index is 1150. The largest absolute Gasteiger partial charge is 0.289 e. The lowest BCUT2D eigenvalue weighted by Gasteiger charge is -2.33. The lowest BCUT2D eigenvalue weighted by Crippen LogP contribution is -2.52. The second-order valence-electron chi connectivity index (χ2n) is 8.02. The summed E-state index contributed by atoms with van der Waals surface area (Å²) in [6, 6.07) is 21.3. The highest BCUT2D eigenvalue weighted by molar-refractivity contribution is 7.89. The molecule has 2 N–H and O–H groups in total. The summed E-state index contributed by atoms with van der Waals surface area (Å²) in [6.07, 6.45) is 1.81. The van der Waals surface area contributed by atoms with Gasteiger partial charge in [-0.1, -0.05) is 80.9 Å². The first-order chi connectivity index (χ1) is 15.4. The van der Waals surface area contributed by atoms with Crippen LogP contribution in [0.2, 0.25) is 0 Å². The Morgan fingerprint density at radius 1 is 1.00 bits per heavy atom. The summed E-state index contributed by atoms with van der Waals surface area (Å²) < 4.78 is 28.8. The molecule has 3 rings (SSSR count). The number of fused-ring (bicyclic) bond motifs is 1. The maximum atomic E-state index is 13.8. The van der Waals surface area contributed by atoms with Crippen molar-refractivity contribution < 1.29 is 18.4 Å². The van der Waals surface area contributed by atoms with Gasteiger partial charge in [0.1, 0.15) is 6.04 Å². The summed E-state index contributed by atoms with van der Waals surface area (Å²) in [5.41, 5.74) is 2.78. The van der Waals surface area contributed by atoms with Gasteiger partial charge in [0.25, 0.3) is 5.91 Å². The quantitative estimate of drug-likeness (QED) is 0.352. The number of hydroxylamine groups is 1. The second kappa shape index (κ2) is 10.7. The highest BCUT2D eigenvalue weighted by Gasteiger charge is 2.38. The third kappa shape index (κ3) is 5.35. The van der Waals surface area contributed by atoms with Crippen LogP contribution in [-0.4, -0.2) is 36.4 Å². The van der Waals surface area contributed by atoms with E-state index in [0.29, 0.717) is 19.3 Å². The average Bonchev–Trinajstić information content (AvgIpc) is 2.83. The van der Waals surface area contributed by atoms with Gasteiger partial charge in [-0.25, -0.2) is 13.9 Å². The van der Waals surface area contributed by atoms with E-state index >= 15 is 0 Å². The molecule has 2 atom stereocenters. The number of nitrogens with one attached hydrogen (secondary N) is 1. The van der Waals surface area contributed by atoms with Crippen LogP contribution < -0.4 is 5.48 Å². The van der Waals surface area contributed by atoms with E-state index in [1.54, 1.807) is 23.7 Å². The lowest BCUT2D eigenvalue weighted by molar-refractivity contribution is -0.134. The summed E-state index contributed by atoms with van der Waals surface area (Å²) >= 11 is 0. The molecule has 32 heavy (non-hydrogen) atoms. The molecular formula is C25H30N2O4S. The van der Waals surface area contributed by atoms with Gasteiger partial charge in [0.05, 0.1) is 4.90 Å². The topological polar surface area (TPSA) is 86.7 Å². The van der Waals surface area contributed by atoms with Gasteiger partial charge in [-0.2, -0.15) is 4.31 Å². The number of rotatable bonds is 10. The van der Waals surface area contributed by atoms with Gasteiger partial charge < -0.3 is 0 Å². The van der Waals surface area contributed by atoms with E-state index in [9.17, 15) is 18.4 Å². The molecule has 0 fully saturated rings. The van der Waals surface area contributed by atoms with Crippen molar-refractivity contribution >= 4 is 26.7 Å². The zero-order chi connectivity index (χ0) is 23.1. The van der Waals surface area contributed by atoms with Crippen molar-refractivity contribution in [3.8, 4) is 0 Å². The van der Waals surface area contributed by atoms with Crippen molar-refractivity contribution in [1.29, 1.82) is 0 Å². The van der Waals surface area contributed by atoms with Crippen LogP contribution in [0.5, 0.6) is 0 Å². The molecule has 170 valence electrons. The monoisotopic (exact) mass is 454 g/mol. The van der Waals surface area contributed by atoms with E-state index in [2.05, 4.69) is 0 Å². The van der Waals surface area contributed by atoms with Gasteiger partial charge in [0.2, 0.25) is 10.0 Å². The Kier molecular flexibility index (Phi) is 8.01. The molecule has 0 saturated carbocycles. The zero-order valence-electron chi connectivity index (χ0n) is 18.4.